The van der Waals surface area contributed by atoms with Gasteiger partial charge in [0.2, 0.25) is 0 Å². The zero-order valence-electron chi connectivity index (χ0n) is 34.7. The maximum Gasteiger partial charge on any atom is 0.169 e. The normalized spacial score (nSPS) is 17.6. The van der Waals surface area contributed by atoms with Crippen LogP contribution in [0.5, 0.6) is 0 Å². The summed E-state index contributed by atoms with van der Waals surface area (Å²) in [4.78, 5) is 10.2. The molecule has 7 aromatic carbocycles. The van der Waals surface area contributed by atoms with Gasteiger partial charge in [-0.05, 0) is 68.9 Å². The van der Waals surface area contributed by atoms with Crippen LogP contribution in [0.1, 0.15) is 36.6 Å². The van der Waals surface area contributed by atoms with Gasteiger partial charge in [0.25, 0.3) is 0 Å². The third kappa shape index (κ3) is 4.97. The SMILES string of the molecule is [2H]c1c([2H])c([2H])c(-c2ccc3cc(C4N=C(c5ccccc5)NC(c5cc(-c6c([2H])c([2H])c([2H])c([2H])c6[2H])cc6oc7ccccc7c56)=N4)ccc3c2)c([2H])c1[2H]. The van der Waals surface area contributed by atoms with Crippen molar-refractivity contribution in [1.29, 1.82) is 0 Å². The molecule has 1 aromatic heterocycles. The molecule has 0 saturated carbocycles. The summed E-state index contributed by atoms with van der Waals surface area (Å²) in [7, 11) is 0. The topological polar surface area (TPSA) is 49.9 Å². The smallest absolute Gasteiger partial charge is 0.169 e. The molecule has 1 atom stereocenters. The second-order valence-electron chi connectivity index (χ2n) is 11.1. The minimum atomic E-state index is -0.751. The highest BCUT2D eigenvalue weighted by Gasteiger charge is 2.24. The minimum Gasteiger partial charge on any atom is -0.456 e. The highest BCUT2D eigenvalue weighted by molar-refractivity contribution is 6.24. The molecule has 9 rings (SSSR count). The van der Waals surface area contributed by atoms with Crippen molar-refractivity contribution in [1.82, 2.24) is 5.32 Å². The van der Waals surface area contributed by atoms with Crippen molar-refractivity contribution in [3.63, 3.8) is 0 Å². The predicted molar refractivity (Wildman–Crippen MR) is 194 cm³/mol. The number of para-hydroxylation sites is 1. The number of hydrogen-bond donors (Lipinski definition) is 1. The third-order valence-electron chi connectivity index (χ3n) is 8.26. The van der Waals surface area contributed by atoms with Crippen molar-refractivity contribution in [3.8, 4) is 22.3 Å². The van der Waals surface area contributed by atoms with E-state index in [1.807, 2.05) is 78.9 Å². The van der Waals surface area contributed by atoms with Crippen LogP contribution in [0.3, 0.4) is 0 Å². The number of aliphatic imine (C=N–C) groups is 2. The molecule has 8 aromatic rings. The van der Waals surface area contributed by atoms with E-state index in [0.29, 0.717) is 39.5 Å². The van der Waals surface area contributed by atoms with Crippen LogP contribution in [0.2, 0.25) is 0 Å². The van der Waals surface area contributed by atoms with Crippen LogP contribution in [0.4, 0.5) is 0 Å². The van der Waals surface area contributed by atoms with Gasteiger partial charge in [0, 0.05) is 21.9 Å². The number of amidine groups is 2. The summed E-state index contributed by atoms with van der Waals surface area (Å²) < 4.78 is 89.9. The molecule has 0 bridgehead atoms. The fourth-order valence-corrected chi connectivity index (χ4v) is 6.03. The summed E-state index contributed by atoms with van der Waals surface area (Å²) in [6.07, 6.45) is -0.751. The molecule has 1 unspecified atom stereocenters. The van der Waals surface area contributed by atoms with E-state index in [-0.39, 0.29) is 35.3 Å². The number of hydrogen-bond acceptors (Lipinski definition) is 4. The van der Waals surface area contributed by atoms with E-state index in [1.165, 1.54) is 0 Å². The van der Waals surface area contributed by atoms with E-state index >= 15 is 0 Å². The van der Waals surface area contributed by atoms with E-state index in [2.05, 4.69) is 5.32 Å². The summed E-state index contributed by atoms with van der Waals surface area (Å²) in [5, 5.41) is 6.57. The summed E-state index contributed by atoms with van der Waals surface area (Å²) in [5.74, 6) is 0.965. The number of furan rings is 1. The molecular weight excluding hydrogens is 574 g/mol. The Labute approximate surface area is 286 Å². The second kappa shape index (κ2) is 11.3. The number of benzene rings is 7. The van der Waals surface area contributed by atoms with Gasteiger partial charge in [-0.3, -0.25) is 0 Å². The van der Waals surface area contributed by atoms with Gasteiger partial charge in [0.05, 0.1) is 13.7 Å². The lowest BCUT2D eigenvalue weighted by Crippen LogP contribution is -2.36. The van der Waals surface area contributed by atoms with Gasteiger partial charge in [0.1, 0.15) is 22.8 Å². The predicted octanol–water partition coefficient (Wildman–Crippen LogP) is 10.6. The van der Waals surface area contributed by atoms with E-state index in [4.69, 9.17) is 28.1 Å². The van der Waals surface area contributed by atoms with Crippen LogP contribution >= 0.6 is 0 Å². The number of nitrogens with one attached hydrogen (secondary N) is 1. The Kier molecular flexibility index (Phi) is 4.47. The molecule has 47 heavy (non-hydrogen) atoms. The lowest BCUT2D eigenvalue weighted by molar-refractivity contribution is 0.669. The zero-order valence-corrected chi connectivity index (χ0v) is 24.7. The first-order valence-electron chi connectivity index (χ1n) is 20.0. The molecule has 0 amide bonds. The third-order valence-corrected chi connectivity index (χ3v) is 8.26. The van der Waals surface area contributed by atoms with Crippen LogP contribution in [-0.4, -0.2) is 11.7 Å². The summed E-state index contributed by atoms with van der Waals surface area (Å²) >= 11 is 0. The minimum absolute atomic E-state index is 0.0343. The van der Waals surface area contributed by atoms with Crippen LogP contribution < -0.4 is 5.32 Å². The molecule has 0 saturated heterocycles. The Morgan fingerprint density at radius 2 is 1.21 bits per heavy atom. The fourth-order valence-electron chi connectivity index (χ4n) is 6.03. The zero-order chi connectivity index (χ0) is 39.9. The lowest BCUT2D eigenvalue weighted by atomic mass is 9.97. The van der Waals surface area contributed by atoms with Crippen LogP contribution in [-0.2, 0) is 0 Å². The molecule has 4 nitrogen and oxygen atoms in total. The highest BCUT2D eigenvalue weighted by Crippen LogP contribution is 2.37. The van der Waals surface area contributed by atoms with Gasteiger partial charge in [-0.15, -0.1) is 0 Å². The Morgan fingerprint density at radius 1 is 0.532 bits per heavy atom. The molecule has 4 heteroatoms. The van der Waals surface area contributed by atoms with Crippen LogP contribution in [0, 0.1) is 0 Å². The van der Waals surface area contributed by atoms with Crippen molar-refractivity contribution < 1.29 is 18.1 Å². The van der Waals surface area contributed by atoms with Crippen molar-refractivity contribution >= 4 is 44.4 Å². The first kappa shape index (κ1) is 18.6. The molecule has 0 radical (unpaired) electrons. The van der Waals surface area contributed by atoms with Gasteiger partial charge >= 0.3 is 0 Å². The average Bonchev–Trinajstić information content (AvgIpc) is 3.62. The second-order valence-corrected chi connectivity index (χ2v) is 11.1. The van der Waals surface area contributed by atoms with Gasteiger partial charge in [-0.25, -0.2) is 9.98 Å². The number of nitrogens with zero attached hydrogens (tertiary/aromatic N) is 2. The quantitative estimate of drug-likeness (QED) is 0.210. The van der Waals surface area contributed by atoms with E-state index < -0.39 is 42.4 Å². The Bertz CT molecular complexity index is 3010. The lowest BCUT2D eigenvalue weighted by Gasteiger charge is -2.23. The number of fused-ring (bicyclic) bond motifs is 4. The fraction of sp³-hybridized carbons (Fsp3) is 0.0233. The van der Waals surface area contributed by atoms with Crippen molar-refractivity contribution in [2.75, 3.05) is 0 Å². The maximum atomic E-state index is 8.76. The largest absolute Gasteiger partial charge is 0.456 e. The molecule has 0 aliphatic carbocycles. The summed E-state index contributed by atoms with van der Waals surface area (Å²) in [6, 6.07) is 27.9. The van der Waals surface area contributed by atoms with E-state index in [9.17, 15) is 0 Å². The standard InChI is InChI=1S/C43H29N3O/c1-4-12-28(13-5-1)31-20-21-33-25-34(23-22-32(33)24-31)42-44-41(30-16-8-3-9-17-30)45-43(46-42)37-26-35(29-14-6-2-7-15-29)27-39-40(37)36-18-10-11-19-38(36)47-39/h1-27,42H,(H,44,45,46)/i1D,2D,4D,5D,6D,7D,12D,13D,14D,15D. The van der Waals surface area contributed by atoms with Crippen molar-refractivity contribution in [3.05, 3.63) is 180 Å². The maximum absolute atomic E-state index is 8.76. The first-order chi connectivity index (χ1) is 27.4. The van der Waals surface area contributed by atoms with Crippen molar-refractivity contribution in [2.45, 2.75) is 6.17 Å². The monoisotopic (exact) mass is 613 g/mol. The highest BCUT2D eigenvalue weighted by atomic mass is 16.3. The molecule has 1 N–H and O–H groups in total. The van der Waals surface area contributed by atoms with E-state index in [0.717, 1.165) is 32.7 Å². The van der Waals surface area contributed by atoms with Gasteiger partial charge in [-0.2, -0.15) is 0 Å². The molecule has 1 aliphatic heterocycles. The Hall–Kier alpha value is -6.26. The Balaban J connectivity index is 1.23. The molecular formula is C43H29N3O. The Morgan fingerprint density at radius 3 is 2.02 bits per heavy atom. The van der Waals surface area contributed by atoms with Gasteiger partial charge in [0.15, 0.2) is 6.17 Å². The van der Waals surface area contributed by atoms with Gasteiger partial charge in [-0.1, -0.05) is 133 Å². The molecule has 2 heterocycles. The van der Waals surface area contributed by atoms with Crippen molar-refractivity contribution in [2.24, 2.45) is 9.98 Å². The number of rotatable bonds is 5. The molecule has 222 valence electrons. The van der Waals surface area contributed by atoms with E-state index in [1.54, 1.807) is 24.3 Å². The summed E-state index contributed by atoms with van der Waals surface area (Å²) in [6.45, 7) is 0. The molecule has 1 aliphatic rings. The van der Waals surface area contributed by atoms with Gasteiger partial charge < -0.3 is 9.73 Å². The molecule has 0 fully saturated rings. The van der Waals surface area contributed by atoms with Crippen LogP contribution in [0.25, 0.3) is 55.0 Å². The average molecular weight is 614 g/mol. The first-order valence-corrected chi connectivity index (χ1v) is 15.0. The van der Waals surface area contributed by atoms with Crippen LogP contribution in [0.15, 0.2) is 178 Å². The summed E-state index contributed by atoms with van der Waals surface area (Å²) in [5.41, 5.74) is 4.20. The molecule has 0 spiro atoms.